The molecule has 0 saturated heterocycles. The van der Waals surface area contributed by atoms with Crippen molar-refractivity contribution in [3.8, 4) is 0 Å². The third-order valence-corrected chi connectivity index (χ3v) is 4.64. The van der Waals surface area contributed by atoms with Gasteiger partial charge in [0.05, 0.1) is 12.6 Å². The van der Waals surface area contributed by atoms with Gasteiger partial charge in [0, 0.05) is 30.8 Å². The Morgan fingerprint density at radius 2 is 2.00 bits per heavy atom. The third kappa shape index (κ3) is 3.17. The minimum Gasteiger partial charge on any atom is -0.383 e. The molecule has 0 unspecified atom stereocenters. The molecule has 4 aromatic rings. The van der Waals surface area contributed by atoms with Crippen molar-refractivity contribution in [3.63, 3.8) is 0 Å². The number of benzene rings is 1. The van der Waals surface area contributed by atoms with Crippen LogP contribution in [0.2, 0.25) is 0 Å². The molecule has 0 bridgehead atoms. The zero-order chi connectivity index (χ0) is 18.8. The number of fused-ring (bicyclic) bond motifs is 2. The molecule has 0 aliphatic rings. The van der Waals surface area contributed by atoms with Crippen molar-refractivity contribution < 1.29 is 9.53 Å². The summed E-state index contributed by atoms with van der Waals surface area (Å²) in [5.41, 5.74) is 2.37. The molecule has 3 aromatic heterocycles. The number of nitrogens with one attached hydrogen (secondary N) is 1. The van der Waals surface area contributed by atoms with Crippen LogP contribution in [0.25, 0.3) is 16.6 Å². The summed E-state index contributed by atoms with van der Waals surface area (Å²) in [5.74, 6) is 0.543. The largest absolute Gasteiger partial charge is 0.383 e. The van der Waals surface area contributed by atoms with Gasteiger partial charge < -0.3 is 14.6 Å². The second-order valence-corrected chi connectivity index (χ2v) is 6.42. The number of pyridine rings is 1. The molecule has 27 heavy (non-hydrogen) atoms. The van der Waals surface area contributed by atoms with Gasteiger partial charge in [-0.15, -0.1) is 10.2 Å². The fraction of sp³-hybridized carbons (Fsp3) is 0.250. The van der Waals surface area contributed by atoms with Crippen molar-refractivity contribution in [3.05, 3.63) is 66.2 Å². The predicted octanol–water partition coefficient (Wildman–Crippen LogP) is 2.82. The number of ether oxygens (including phenoxy) is 1. The number of rotatable bonds is 6. The molecule has 4 rings (SSSR count). The van der Waals surface area contributed by atoms with Crippen LogP contribution in [0.3, 0.4) is 0 Å². The Kier molecular flexibility index (Phi) is 4.60. The molecule has 138 valence electrons. The number of para-hydroxylation sites is 1. The number of methoxy groups -OCH3 is 1. The van der Waals surface area contributed by atoms with Crippen LogP contribution in [0.1, 0.15) is 29.3 Å². The first-order chi connectivity index (χ1) is 13.2. The van der Waals surface area contributed by atoms with Gasteiger partial charge in [-0.3, -0.25) is 9.20 Å². The predicted molar refractivity (Wildman–Crippen MR) is 103 cm³/mol. The SMILES string of the molecule is COCCn1c(C(=O)N[C@@H](C)c2nnc3ccccn23)cc2ccccc21. The lowest BCUT2D eigenvalue weighted by Gasteiger charge is -2.14. The van der Waals surface area contributed by atoms with Gasteiger partial charge in [-0.05, 0) is 31.2 Å². The zero-order valence-electron chi connectivity index (χ0n) is 15.3. The summed E-state index contributed by atoms with van der Waals surface area (Å²) in [4.78, 5) is 13.0. The van der Waals surface area contributed by atoms with Crippen LogP contribution >= 0.6 is 0 Å². The van der Waals surface area contributed by atoms with Gasteiger partial charge in [0.2, 0.25) is 0 Å². The molecule has 7 heteroatoms. The quantitative estimate of drug-likeness (QED) is 0.572. The summed E-state index contributed by atoms with van der Waals surface area (Å²) in [6, 6.07) is 15.3. The van der Waals surface area contributed by atoms with Gasteiger partial charge in [-0.25, -0.2) is 0 Å². The number of nitrogens with zero attached hydrogens (tertiary/aromatic N) is 4. The van der Waals surface area contributed by atoms with Crippen molar-refractivity contribution in [1.82, 2.24) is 24.5 Å². The molecule has 0 radical (unpaired) electrons. The number of carbonyl (C=O) groups excluding carboxylic acids is 1. The van der Waals surface area contributed by atoms with Gasteiger partial charge in [0.15, 0.2) is 11.5 Å². The second kappa shape index (κ2) is 7.20. The Morgan fingerprint density at radius 1 is 1.19 bits per heavy atom. The first-order valence-electron chi connectivity index (χ1n) is 8.87. The lowest BCUT2D eigenvalue weighted by molar-refractivity contribution is 0.0926. The van der Waals surface area contributed by atoms with E-state index in [1.807, 2.05) is 70.6 Å². The van der Waals surface area contributed by atoms with Gasteiger partial charge in [0.1, 0.15) is 5.69 Å². The third-order valence-electron chi connectivity index (χ3n) is 4.64. The van der Waals surface area contributed by atoms with E-state index in [4.69, 9.17) is 4.74 Å². The van der Waals surface area contributed by atoms with E-state index >= 15 is 0 Å². The van der Waals surface area contributed by atoms with E-state index in [1.165, 1.54) is 0 Å². The summed E-state index contributed by atoms with van der Waals surface area (Å²) < 4.78 is 9.08. The Labute approximate surface area is 156 Å². The Hall–Kier alpha value is -3.19. The Bertz CT molecular complexity index is 1100. The zero-order valence-corrected chi connectivity index (χ0v) is 15.3. The average Bonchev–Trinajstić information content (AvgIpc) is 3.28. The molecular weight excluding hydrogens is 342 g/mol. The average molecular weight is 363 g/mol. The molecule has 0 saturated carbocycles. The van der Waals surface area contributed by atoms with Crippen LogP contribution in [0.4, 0.5) is 0 Å². The smallest absolute Gasteiger partial charge is 0.268 e. The molecular formula is C20H21N5O2. The molecule has 1 aromatic carbocycles. The topological polar surface area (TPSA) is 73.4 Å². The highest BCUT2D eigenvalue weighted by atomic mass is 16.5. The minimum absolute atomic E-state index is 0.150. The molecule has 0 aliphatic carbocycles. The minimum atomic E-state index is -0.288. The molecule has 1 atom stereocenters. The van der Waals surface area contributed by atoms with E-state index in [2.05, 4.69) is 15.5 Å². The summed E-state index contributed by atoms with van der Waals surface area (Å²) in [6.07, 6.45) is 1.89. The van der Waals surface area contributed by atoms with E-state index < -0.39 is 0 Å². The normalized spacial score (nSPS) is 12.5. The van der Waals surface area contributed by atoms with Crippen LogP contribution in [0.5, 0.6) is 0 Å². The van der Waals surface area contributed by atoms with Crippen LogP contribution in [-0.2, 0) is 11.3 Å². The summed E-state index contributed by atoms with van der Waals surface area (Å²) in [7, 11) is 1.66. The highest BCUT2D eigenvalue weighted by molar-refractivity contribution is 5.98. The summed E-state index contributed by atoms with van der Waals surface area (Å²) in [5, 5.41) is 12.5. The fourth-order valence-electron chi connectivity index (χ4n) is 3.31. The highest BCUT2D eigenvalue weighted by Gasteiger charge is 2.20. The van der Waals surface area contributed by atoms with Crippen LogP contribution in [0, 0.1) is 0 Å². The van der Waals surface area contributed by atoms with Crippen molar-refractivity contribution >= 4 is 22.5 Å². The van der Waals surface area contributed by atoms with Crippen molar-refractivity contribution in [2.45, 2.75) is 19.5 Å². The van der Waals surface area contributed by atoms with E-state index in [0.717, 1.165) is 16.6 Å². The van der Waals surface area contributed by atoms with Crippen LogP contribution < -0.4 is 5.32 Å². The number of aromatic nitrogens is 4. The molecule has 0 aliphatic heterocycles. The molecule has 3 heterocycles. The number of amides is 1. The second-order valence-electron chi connectivity index (χ2n) is 6.42. The molecule has 1 amide bonds. The standard InChI is InChI=1S/C20H21N5O2/c1-14(19-23-22-18-9-5-6-10-25(18)19)21-20(26)17-13-15-7-3-4-8-16(15)24(17)11-12-27-2/h3-10,13-14H,11-12H2,1-2H3,(H,21,26)/t14-/m0/s1. The molecule has 7 nitrogen and oxygen atoms in total. The van der Waals surface area contributed by atoms with Crippen molar-refractivity contribution in [1.29, 1.82) is 0 Å². The number of hydrogen-bond acceptors (Lipinski definition) is 4. The number of hydrogen-bond donors (Lipinski definition) is 1. The first-order valence-corrected chi connectivity index (χ1v) is 8.87. The van der Waals surface area contributed by atoms with E-state index in [-0.39, 0.29) is 11.9 Å². The lowest BCUT2D eigenvalue weighted by Crippen LogP contribution is -2.30. The summed E-state index contributed by atoms with van der Waals surface area (Å²) in [6.45, 7) is 3.04. The van der Waals surface area contributed by atoms with E-state index in [1.54, 1.807) is 7.11 Å². The maximum absolute atomic E-state index is 13.0. The van der Waals surface area contributed by atoms with Gasteiger partial charge in [-0.1, -0.05) is 24.3 Å². The van der Waals surface area contributed by atoms with Gasteiger partial charge >= 0.3 is 0 Å². The summed E-state index contributed by atoms with van der Waals surface area (Å²) >= 11 is 0. The highest BCUT2D eigenvalue weighted by Crippen LogP contribution is 2.21. The van der Waals surface area contributed by atoms with E-state index in [0.29, 0.717) is 24.7 Å². The lowest BCUT2D eigenvalue weighted by atomic mass is 10.2. The maximum atomic E-state index is 13.0. The van der Waals surface area contributed by atoms with Crippen molar-refractivity contribution in [2.24, 2.45) is 0 Å². The monoisotopic (exact) mass is 363 g/mol. The Balaban J connectivity index is 1.64. The number of carbonyl (C=O) groups is 1. The molecule has 0 fully saturated rings. The fourth-order valence-corrected chi connectivity index (χ4v) is 3.31. The maximum Gasteiger partial charge on any atom is 0.268 e. The van der Waals surface area contributed by atoms with Crippen LogP contribution in [-0.4, -0.2) is 38.8 Å². The Morgan fingerprint density at radius 3 is 2.85 bits per heavy atom. The van der Waals surface area contributed by atoms with Gasteiger partial charge in [-0.2, -0.15) is 0 Å². The van der Waals surface area contributed by atoms with Gasteiger partial charge in [0.25, 0.3) is 5.91 Å². The van der Waals surface area contributed by atoms with Crippen LogP contribution in [0.15, 0.2) is 54.7 Å². The molecule has 1 N–H and O–H groups in total. The van der Waals surface area contributed by atoms with Crippen molar-refractivity contribution in [2.75, 3.05) is 13.7 Å². The van der Waals surface area contributed by atoms with E-state index in [9.17, 15) is 4.79 Å². The first kappa shape index (κ1) is 17.2. The molecule has 0 spiro atoms.